The smallest absolute Gasteiger partial charge is 0.411 e. The number of likely N-dealkylation sites (tertiary alicyclic amines) is 1. The summed E-state index contributed by atoms with van der Waals surface area (Å²) in [5, 5.41) is 6.46. The number of ether oxygens (including phenoxy) is 2. The molecule has 164 valence electrons. The molecule has 1 fully saturated rings. The molecule has 1 aliphatic heterocycles. The van der Waals surface area contributed by atoms with E-state index in [-0.39, 0.29) is 12.6 Å². The number of benzene rings is 1. The highest BCUT2D eigenvalue weighted by Crippen LogP contribution is 2.26. The van der Waals surface area contributed by atoms with Crippen LogP contribution in [0.2, 0.25) is 0 Å². The fourth-order valence-corrected chi connectivity index (χ4v) is 3.32. The molecule has 1 atom stereocenters. The summed E-state index contributed by atoms with van der Waals surface area (Å²) in [6, 6.07) is 8.30. The van der Waals surface area contributed by atoms with Crippen LogP contribution < -0.4 is 15.4 Å². The van der Waals surface area contributed by atoms with Crippen molar-refractivity contribution >= 4 is 5.96 Å². The molecule has 6 nitrogen and oxygen atoms in total. The minimum absolute atomic E-state index is 0.0474. The number of guanidine groups is 1. The van der Waals surface area contributed by atoms with Gasteiger partial charge in [0.15, 0.2) is 5.96 Å². The Labute approximate surface area is 170 Å². The zero-order valence-corrected chi connectivity index (χ0v) is 17.1. The zero-order valence-electron chi connectivity index (χ0n) is 17.1. The van der Waals surface area contributed by atoms with Gasteiger partial charge < -0.3 is 20.1 Å². The first-order valence-corrected chi connectivity index (χ1v) is 9.90. The molecule has 1 heterocycles. The predicted molar refractivity (Wildman–Crippen MR) is 107 cm³/mol. The molecular weight excluding hydrogens is 385 g/mol. The van der Waals surface area contributed by atoms with Crippen LogP contribution in [-0.4, -0.2) is 70.6 Å². The van der Waals surface area contributed by atoms with Gasteiger partial charge in [-0.25, -0.2) is 0 Å². The van der Waals surface area contributed by atoms with E-state index in [1.807, 2.05) is 12.1 Å². The van der Waals surface area contributed by atoms with Gasteiger partial charge in [0.2, 0.25) is 0 Å². The topological polar surface area (TPSA) is 58.1 Å². The Bertz CT molecular complexity index is 617. The lowest BCUT2D eigenvalue weighted by Crippen LogP contribution is -2.43. The van der Waals surface area contributed by atoms with Crippen molar-refractivity contribution in [2.24, 2.45) is 4.99 Å². The van der Waals surface area contributed by atoms with Crippen molar-refractivity contribution in [3.8, 4) is 5.75 Å². The van der Waals surface area contributed by atoms with Crippen molar-refractivity contribution in [2.45, 2.75) is 31.5 Å². The first-order chi connectivity index (χ1) is 13.9. The number of halogens is 3. The summed E-state index contributed by atoms with van der Waals surface area (Å²) in [5.41, 5.74) is 1.20. The normalized spacial score (nSPS) is 16.7. The molecular formula is C20H31F3N4O2. The minimum Gasteiger partial charge on any atom is -0.497 e. The highest BCUT2D eigenvalue weighted by atomic mass is 19.4. The second kappa shape index (κ2) is 11.9. The van der Waals surface area contributed by atoms with E-state index in [1.54, 1.807) is 14.2 Å². The number of methoxy groups -OCH3 is 1. The third kappa shape index (κ3) is 8.49. The molecule has 0 aromatic heterocycles. The van der Waals surface area contributed by atoms with Crippen molar-refractivity contribution in [3.63, 3.8) is 0 Å². The molecule has 0 saturated carbocycles. The van der Waals surface area contributed by atoms with Gasteiger partial charge in [0.1, 0.15) is 12.4 Å². The molecule has 1 aromatic rings. The maximum atomic E-state index is 12.1. The van der Waals surface area contributed by atoms with Gasteiger partial charge in [-0.3, -0.25) is 9.89 Å². The van der Waals surface area contributed by atoms with Crippen LogP contribution in [0.3, 0.4) is 0 Å². The molecule has 1 aliphatic rings. The van der Waals surface area contributed by atoms with Gasteiger partial charge in [0.05, 0.1) is 13.2 Å². The summed E-state index contributed by atoms with van der Waals surface area (Å²) in [4.78, 5) is 6.65. The van der Waals surface area contributed by atoms with E-state index >= 15 is 0 Å². The van der Waals surface area contributed by atoms with Gasteiger partial charge in [0, 0.05) is 26.7 Å². The Balaban J connectivity index is 1.81. The first-order valence-electron chi connectivity index (χ1n) is 9.90. The molecule has 0 aliphatic carbocycles. The third-order valence-corrected chi connectivity index (χ3v) is 4.79. The Morgan fingerprint density at radius 2 is 1.86 bits per heavy atom. The second-order valence-electron chi connectivity index (χ2n) is 6.93. The van der Waals surface area contributed by atoms with Crippen LogP contribution in [0.4, 0.5) is 13.2 Å². The van der Waals surface area contributed by atoms with Gasteiger partial charge >= 0.3 is 6.18 Å². The quantitative estimate of drug-likeness (QED) is 0.349. The Hall–Kier alpha value is -2.00. The maximum absolute atomic E-state index is 12.1. The number of nitrogens with one attached hydrogen (secondary N) is 2. The van der Waals surface area contributed by atoms with Crippen LogP contribution in [0.5, 0.6) is 5.75 Å². The molecule has 2 N–H and O–H groups in total. The standard InChI is InChI=1S/C20H31F3N4O2/c1-24-19(25-10-5-13-29-15-20(21,22)23)26-14-18(27-11-3-4-12-27)16-6-8-17(28-2)9-7-16/h6-9,18H,3-5,10-15H2,1-2H3,(H2,24,25,26). The van der Waals surface area contributed by atoms with Gasteiger partial charge in [-0.15, -0.1) is 0 Å². The summed E-state index contributed by atoms with van der Waals surface area (Å²) in [5.74, 6) is 1.45. The predicted octanol–water partition coefficient (Wildman–Crippen LogP) is 2.97. The van der Waals surface area contributed by atoms with E-state index in [1.165, 1.54) is 18.4 Å². The molecule has 29 heavy (non-hydrogen) atoms. The molecule has 0 amide bonds. The van der Waals surface area contributed by atoms with Crippen LogP contribution in [0.15, 0.2) is 29.3 Å². The SMILES string of the molecule is CN=C(NCCCOCC(F)(F)F)NCC(c1ccc(OC)cc1)N1CCCC1. The molecule has 0 radical (unpaired) electrons. The molecule has 0 spiro atoms. The summed E-state index contributed by atoms with van der Waals surface area (Å²) in [7, 11) is 3.33. The summed E-state index contributed by atoms with van der Waals surface area (Å²) in [6.45, 7) is 2.11. The van der Waals surface area contributed by atoms with E-state index in [0.717, 1.165) is 18.8 Å². The third-order valence-electron chi connectivity index (χ3n) is 4.79. The summed E-state index contributed by atoms with van der Waals surface area (Å²) >= 11 is 0. The van der Waals surface area contributed by atoms with Gasteiger partial charge in [-0.2, -0.15) is 13.2 Å². The largest absolute Gasteiger partial charge is 0.497 e. The van der Waals surface area contributed by atoms with E-state index < -0.39 is 12.8 Å². The second-order valence-corrected chi connectivity index (χ2v) is 6.93. The van der Waals surface area contributed by atoms with E-state index in [4.69, 9.17) is 4.74 Å². The number of aliphatic imine (C=N–C) groups is 1. The fourth-order valence-electron chi connectivity index (χ4n) is 3.32. The number of hydrogen-bond acceptors (Lipinski definition) is 4. The maximum Gasteiger partial charge on any atom is 0.411 e. The van der Waals surface area contributed by atoms with Gasteiger partial charge in [-0.1, -0.05) is 12.1 Å². The van der Waals surface area contributed by atoms with Crippen molar-refractivity contribution in [3.05, 3.63) is 29.8 Å². The number of alkyl halides is 3. The van der Waals surface area contributed by atoms with Crippen LogP contribution in [0, 0.1) is 0 Å². The van der Waals surface area contributed by atoms with Crippen LogP contribution in [0.1, 0.15) is 30.9 Å². The molecule has 1 unspecified atom stereocenters. The van der Waals surface area contributed by atoms with Crippen molar-refractivity contribution in [2.75, 3.05) is 53.6 Å². The molecule has 2 rings (SSSR count). The summed E-state index contributed by atoms with van der Waals surface area (Å²) in [6.07, 6.45) is -1.43. The van der Waals surface area contributed by atoms with Crippen LogP contribution >= 0.6 is 0 Å². The zero-order chi connectivity index (χ0) is 21.1. The average Bonchev–Trinajstić information content (AvgIpc) is 3.23. The minimum atomic E-state index is -4.28. The van der Waals surface area contributed by atoms with Crippen LogP contribution in [0.25, 0.3) is 0 Å². The average molecular weight is 416 g/mol. The summed E-state index contributed by atoms with van der Waals surface area (Å²) < 4.78 is 46.0. The highest BCUT2D eigenvalue weighted by Gasteiger charge is 2.27. The van der Waals surface area contributed by atoms with E-state index in [2.05, 4.69) is 37.4 Å². The fraction of sp³-hybridized carbons (Fsp3) is 0.650. The number of rotatable bonds is 10. The Kier molecular flexibility index (Phi) is 9.53. The van der Waals surface area contributed by atoms with Gasteiger partial charge in [-0.05, 0) is 50.0 Å². The number of hydrogen-bond donors (Lipinski definition) is 2. The Morgan fingerprint density at radius 1 is 1.17 bits per heavy atom. The van der Waals surface area contributed by atoms with E-state index in [9.17, 15) is 13.2 Å². The lowest BCUT2D eigenvalue weighted by molar-refractivity contribution is -0.173. The lowest BCUT2D eigenvalue weighted by atomic mass is 10.1. The van der Waals surface area contributed by atoms with E-state index in [0.29, 0.717) is 25.5 Å². The van der Waals surface area contributed by atoms with Crippen molar-refractivity contribution < 1.29 is 22.6 Å². The number of nitrogens with zero attached hydrogens (tertiary/aromatic N) is 2. The molecule has 0 bridgehead atoms. The molecule has 1 saturated heterocycles. The highest BCUT2D eigenvalue weighted by molar-refractivity contribution is 5.79. The lowest BCUT2D eigenvalue weighted by Gasteiger charge is -2.29. The first kappa shape index (κ1) is 23.3. The van der Waals surface area contributed by atoms with Crippen molar-refractivity contribution in [1.29, 1.82) is 0 Å². The molecule has 9 heteroatoms. The Morgan fingerprint density at radius 3 is 2.45 bits per heavy atom. The molecule has 1 aromatic carbocycles. The van der Waals surface area contributed by atoms with Crippen molar-refractivity contribution in [1.82, 2.24) is 15.5 Å². The van der Waals surface area contributed by atoms with Gasteiger partial charge in [0.25, 0.3) is 0 Å². The monoisotopic (exact) mass is 416 g/mol. The van der Waals surface area contributed by atoms with Crippen LogP contribution in [-0.2, 0) is 4.74 Å².